The van der Waals surface area contributed by atoms with E-state index < -0.39 is 28.5 Å². The van der Waals surface area contributed by atoms with E-state index in [1.165, 1.54) is 29.2 Å². The summed E-state index contributed by atoms with van der Waals surface area (Å²) in [5.41, 5.74) is 0.954. The molecule has 11 heteroatoms. The molecule has 1 N–H and O–H groups in total. The second-order valence-corrected chi connectivity index (χ2v) is 12.3. The minimum absolute atomic E-state index is 0.0195. The van der Waals surface area contributed by atoms with Gasteiger partial charge in [0.15, 0.2) is 0 Å². The Morgan fingerprint density at radius 2 is 1.57 bits per heavy atom. The highest BCUT2D eigenvalue weighted by atomic mass is 35.5. The van der Waals surface area contributed by atoms with Gasteiger partial charge in [0.05, 0.1) is 20.6 Å². The SMILES string of the molecule is CCCCNC(=O)[C@@H](CC)N(Cc1ccc(Cl)c(Cl)c1)C(=O)CN(c1ccccc1)S(=O)(=O)c1ccc(Cl)cc1. The molecule has 0 saturated carbocycles. The summed E-state index contributed by atoms with van der Waals surface area (Å²) in [7, 11) is -4.17. The molecule has 3 aromatic rings. The maximum atomic E-state index is 14.0. The number of benzene rings is 3. The molecule has 2 amide bonds. The van der Waals surface area contributed by atoms with Gasteiger partial charge in [0, 0.05) is 18.1 Å². The normalized spacial score (nSPS) is 12.0. The third-order valence-corrected chi connectivity index (χ3v) is 9.06. The van der Waals surface area contributed by atoms with Crippen molar-refractivity contribution in [2.75, 3.05) is 17.4 Å². The summed E-state index contributed by atoms with van der Waals surface area (Å²) in [4.78, 5) is 28.6. The predicted octanol–water partition coefficient (Wildman–Crippen LogP) is 6.57. The summed E-state index contributed by atoms with van der Waals surface area (Å²) < 4.78 is 28.6. The maximum Gasteiger partial charge on any atom is 0.264 e. The molecule has 0 fully saturated rings. The summed E-state index contributed by atoms with van der Waals surface area (Å²) in [5.74, 6) is -0.860. The number of anilines is 1. The first-order valence-corrected chi connectivity index (χ1v) is 15.5. The number of nitrogens with zero attached hydrogens (tertiary/aromatic N) is 2. The second-order valence-electron chi connectivity index (χ2n) is 9.14. The van der Waals surface area contributed by atoms with Crippen LogP contribution in [0.15, 0.2) is 77.7 Å². The zero-order valence-electron chi connectivity index (χ0n) is 22.3. The molecule has 214 valence electrons. The van der Waals surface area contributed by atoms with Crippen LogP contribution in [-0.4, -0.2) is 44.3 Å². The van der Waals surface area contributed by atoms with Crippen LogP contribution >= 0.6 is 34.8 Å². The van der Waals surface area contributed by atoms with Crippen molar-refractivity contribution >= 4 is 62.3 Å². The van der Waals surface area contributed by atoms with Gasteiger partial charge in [-0.1, -0.05) is 79.3 Å². The molecule has 3 aromatic carbocycles. The van der Waals surface area contributed by atoms with Gasteiger partial charge in [0.25, 0.3) is 10.0 Å². The fraction of sp³-hybridized carbons (Fsp3) is 0.310. The van der Waals surface area contributed by atoms with E-state index in [4.69, 9.17) is 34.8 Å². The van der Waals surface area contributed by atoms with Crippen LogP contribution in [0, 0.1) is 0 Å². The molecule has 0 saturated heterocycles. The summed E-state index contributed by atoms with van der Waals surface area (Å²) in [6.45, 7) is 3.79. The van der Waals surface area contributed by atoms with E-state index >= 15 is 0 Å². The van der Waals surface area contributed by atoms with Crippen molar-refractivity contribution in [3.63, 3.8) is 0 Å². The number of halogens is 3. The van der Waals surface area contributed by atoms with Gasteiger partial charge in [-0.15, -0.1) is 0 Å². The molecule has 40 heavy (non-hydrogen) atoms. The lowest BCUT2D eigenvalue weighted by Gasteiger charge is -2.33. The minimum atomic E-state index is -4.17. The van der Waals surface area contributed by atoms with Crippen molar-refractivity contribution in [3.8, 4) is 0 Å². The molecule has 7 nitrogen and oxygen atoms in total. The molecule has 1 atom stereocenters. The number of rotatable bonds is 13. The van der Waals surface area contributed by atoms with Gasteiger partial charge >= 0.3 is 0 Å². The van der Waals surface area contributed by atoms with E-state index in [1.807, 2.05) is 6.92 Å². The van der Waals surface area contributed by atoms with Crippen LogP contribution in [-0.2, 0) is 26.2 Å². The number of para-hydroxylation sites is 1. The van der Waals surface area contributed by atoms with Crippen LogP contribution in [0.3, 0.4) is 0 Å². The van der Waals surface area contributed by atoms with E-state index in [9.17, 15) is 18.0 Å². The van der Waals surface area contributed by atoms with Gasteiger partial charge in [-0.05, 0) is 66.9 Å². The lowest BCUT2D eigenvalue weighted by Crippen LogP contribution is -2.52. The van der Waals surface area contributed by atoms with Crippen molar-refractivity contribution in [2.24, 2.45) is 0 Å². The van der Waals surface area contributed by atoms with Gasteiger partial charge in [-0.25, -0.2) is 8.42 Å². The van der Waals surface area contributed by atoms with Gasteiger partial charge in [0.2, 0.25) is 11.8 Å². The number of carbonyl (C=O) groups excluding carboxylic acids is 2. The van der Waals surface area contributed by atoms with Gasteiger partial charge in [-0.3, -0.25) is 13.9 Å². The zero-order chi connectivity index (χ0) is 29.3. The quantitative estimate of drug-likeness (QED) is 0.218. The number of nitrogens with one attached hydrogen (secondary N) is 1. The second kappa shape index (κ2) is 14.7. The Hall–Kier alpha value is -2.78. The van der Waals surface area contributed by atoms with Gasteiger partial charge in [-0.2, -0.15) is 0 Å². The van der Waals surface area contributed by atoms with Crippen LogP contribution in [0.4, 0.5) is 5.69 Å². The smallest absolute Gasteiger partial charge is 0.264 e. The Morgan fingerprint density at radius 1 is 0.900 bits per heavy atom. The molecule has 3 rings (SSSR count). The molecular weight excluding hydrogens is 593 g/mol. The lowest BCUT2D eigenvalue weighted by atomic mass is 10.1. The van der Waals surface area contributed by atoms with Gasteiger partial charge < -0.3 is 10.2 Å². The molecule has 0 aliphatic rings. The van der Waals surface area contributed by atoms with E-state index in [0.717, 1.165) is 17.1 Å². The highest BCUT2D eigenvalue weighted by Gasteiger charge is 2.33. The Kier molecular flexibility index (Phi) is 11.7. The Balaban J connectivity index is 2.02. The molecule has 0 spiro atoms. The fourth-order valence-electron chi connectivity index (χ4n) is 4.12. The summed E-state index contributed by atoms with van der Waals surface area (Å²) in [6.07, 6.45) is 2.02. The zero-order valence-corrected chi connectivity index (χ0v) is 25.4. The third kappa shape index (κ3) is 8.13. The Morgan fingerprint density at radius 3 is 2.17 bits per heavy atom. The van der Waals surface area contributed by atoms with Crippen molar-refractivity contribution in [1.82, 2.24) is 10.2 Å². The average molecular weight is 625 g/mol. The van der Waals surface area contributed by atoms with E-state index in [0.29, 0.717) is 39.3 Å². The highest BCUT2D eigenvalue weighted by molar-refractivity contribution is 7.92. The standard InChI is InChI=1S/C29H32Cl3N3O4S/c1-3-5-17-33-29(37)27(4-2)34(19-21-11-16-25(31)26(32)18-21)28(36)20-35(23-9-7-6-8-10-23)40(38,39)24-14-12-22(30)13-15-24/h6-16,18,27H,3-5,17,19-20H2,1-2H3,(H,33,37)/t27-/m1/s1. The van der Waals surface area contributed by atoms with Crippen LogP contribution < -0.4 is 9.62 Å². The maximum absolute atomic E-state index is 14.0. The molecule has 0 bridgehead atoms. The van der Waals surface area contributed by atoms with Crippen molar-refractivity contribution in [1.29, 1.82) is 0 Å². The molecule has 0 aliphatic carbocycles. The summed E-state index contributed by atoms with van der Waals surface area (Å²) >= 11 is 18.3. The van der Waals surface area contributed by atoms with Crippen molar-refractivity contribution in [3.05, 3.63) is 93.4 Å². The molecular formula is C29H32Cl3N3O4S. The van der Waals surface area contributed by atoms with E-state index in [-0.39, 0.29) is 17.3 Å². The molecule has 0 heterocycles. The first-order chi connectivity index (χ1) is 19.1. The molecule has 0 aromatic heterocycles. The van der Waals surface area contributed by atoms with Crippen LogP contribution in [0.25, 0.3) is 0 Å². The number of hydrogen-bond donors (Lipinski definition) is 1. The van der Waals surface area contributed by atoms with Crippen LogP contribution in [0.1, 0.15) is 38.7 Å². The Labute approximate surface area is 251 Å². The largest absolute Gasteiger partial charge is 0.354 e. The van der Waals surface area contributed by atoms with Crippen molar-refractivity contribution in [2.45, 2.75) is 50.6 Å². The minimum Gasteiger partial charge on any atom is -0.354 e. The monoisotopic (exact) mass is 623 g/mol. The number of amides is 2. The molecule has 0 unspecified atom stereocenters. The molecule has 0 radical (unpaired) electrons. The van der Waals surface area contributed by atoms with Crippen LogP contribution in [0.5, 0.6) is 0 Å². The first-order valence-electron chi connectivity index (χ1n) is 12.9. The van der Waals surface area contributed by atoms with Crippen LogP contribution in [0.2, 0.25) is 15.1 Å². The Bertz CT molecular complexity index is 1400. The highest BCUT2D eigenvalue weighted by Crippen LogP contribution is 2.27. The fourth-order valence-corrected chi connectivity index (χ4v) is 5.98. The molecule has 0 aliphatic heterocycles. The lowest BCUT2D eigenvalue weighted by molar-refractivity contribution is -0.140. The first kappa shape index (κ1) is 31.7. The van der Waals surface area contributed by atoms with Gasteiger partial charge in [0.1, 0.15) is 12.6 Å². The summed E-state index contributed by atoms with van der Waals surface area (Å²) in [6, 6.07) is 18.2. The average Bonchev–Trinajstić information content (AvgIpc) is 2.94. The number of carbonyl (C=O) groups is 2. The summed E-state index contributed by atoms with van der Waals surface area (Å²) in [5, 5.41) is 3.95. The number of sulfonamides is 1. The predicted molar refractivity (Wildman–Crippen MR) is 161 cm³/mol. The van der Waals surface area contributed by atoms with Crippen molar-refractivity contribution < 1.29 is 18.0 Å². The van der Waals surface area contributed by atoms with E-state index in [1.54, 1.807) is 55.5 Å². The third-order valence-electron chi connectivity index (χ3n) is 6.28. The topological polar surface area (TPSA) is 86.8 Å². The number of hydrogen-bond acceptors (Lipinski definition) is 4. The number of unbranched alkanes of at least 4 members (excludes halogenated alkanes) is 1. The van der Waals surface area contributed by atoms with E-state index in [2.05, 4.69) is 5.32 Å².